The molecule has 0 unspecified atom stereocenters. The van der Waals surface area contributed by atoms with E-state index in [1.807, 2.05) is 13.8 Å². The number of fused-ring (bicyclic) bond motifs is 1. The predicted octanol–water partition coefficient (Wildman–Crippen LogP) is 1.87. The van der Waals surface area contributed by atoms with Gasteiger partial charge in [-0.25, -0.2) is 0 Å². The summed E-state index contributed by atoms with van der Waals surface area (Å²) in [4.78, 5) is 2.57. The van der Waals surface area contributed by atoms with Gasteiger partial charge in [0.15, 0.2) is 0 Å². The highest BCUT2D eigenvalue weighted by atomic mass is 16.5. The molecular weight excluding hydrogens is 226 g/mol. The first-order valence-corrected chi connectivity index (χ1v) is 7.11. The highest BCUT2D eigenvalue weighted by Crippen LogP contribution is 2.26. The lowest BCUT2D eigenvalue weighted by molar-refractivity contribution is 0.108. The molecule has 4 heteroatoms. The third-order valence-electron chi connectivity index (χ3n) is 4.54. The molecule has 1 aromatic rings. The van der Waals surface area contributed by atoms with Gasteiger partial charge in [-0.2, -0.15) is 0 Å². The van der Waals surface area contributed by atoms with Gasteiger partial charge in [0.25, 0.3) is 0 Å². The summed E-state index contributed by atoms with van der Waals surface area (Å²) < 4.78 is 5.25. The van der Waals surface area contributed by atoms with Crippen LogP contribution in [-0.4, -0.2) is 35.7 Å². The monoisotopic (exact) mass is 249 g/mol. The molecule has 2 aliphatic rings. The lowest BCUT2D eigenvalue weighted by Gasteiger charge is -2.41. The van der Waals surface area contributed by atoms with E-state index >= 15 is 0 Å². The molecule has 0 radical (unpaired) electrons. The van der Waals surface area contributed by atoms with E-state index in [9.17, 15) is 0 Å². The second kappa shape index (κ2) is 5.02. The van der Waals surface area contributed by atoms with Crippen LogP contribution in [0.4, 0.5) is 0 Å². The van der Waals surface area contributed by atoms with Crippen molar-refractivity contribution in [3.05, 3.63) is 17.0 Å². The van der Waals surface area contributed by atoms with Gasteiger partial charge in [-0.15, -0.1) is 0 Å². The molecule has 4 nitrogen and oxygen atoms in total. The van der Waals surface area contributed by atoms with E-state index in [2.05, 4.69) is 15.4 Å². The average Bonchev–Trinajstić information content (AvgIpc) is 2.70. The van der Waals surface area contributed by atoms with Gasteiger partial charge in [-0.1, -0.05) is 5.16 Å². The highest BCUT2D eigenvalue weighted by molar-refractivity contribution is 5.20. The molecule has 0 bridgehead atoms. The minimum absolute atomic E-state index is 0.764. The Morgan fingerprint density at radius 3 is 3.06 bits per heavy atom. The van der Waals surface area contributed by atoms with Crippen molar-refractivity contribution in [2.45, 2.75) is 45.7 Å². The number of nitrogens with zero attached hydrogens (tertiary/aromatic N) is 2. The Morgan fingerprint density at radius 2 is 2.28 bits per heavy atom. The van der Waals surface area contributed by atoms with Gasteiger partial charge in [0, 0.05) is 24.7 Å². The number of piperidine rings is 2. The summed E-state index contributed by atoms with van der Waals surface area (Å²) in [5.74, 6) is 1.82. The third kappa shape index (κ3) is 2.31. The molecule has 1 aromatic heterocycles. The Hall–Kier alpha value is -0.870. The summed E-state index contributed by atoms with van der Waals surface area (Å²) in [6.45, 7) is 8.69. The van der Waals surface area contributed by atoms with Crippen molar-refractivity contribution in [2.75, 3.05) is 19.6 Å². The first-order valence-electron chi connectivity index (χ1n) is 7.11. The van der Waals surface area contributed by atoms with E-state index in [1.54, 1.807) is 0 Å². The van der Waals surface area contributed by atoms with Gasteiger partial charge in [0.2, 0.25) is 0 Å². The van der Waals surface area contributed by atoms with Gasteiger partial charge in [0.05, 0.1) is 5.69 Å². The van der Waals surface area contributed by atoms with Crippen LogP contribution in [0, 0.1) is 19.8 Å². The minimum Gasteiger partial charge on any atom is -0.361 e. The zero-order chi connectivity index (χ0) is 12.5. The Bertz CT molecular complexity index is 396. The standard InChI is InChI=1S/C14H23N3O/c1-10-13(11(2)18-16-10)9-17-7-5-14-12(8-17)4-3-6-15-14/h12,14-15H,3-9H2,1-2H3/t12-,14+/m1/s1. The summed E-state index contributed by atoms with van der Waals surface area (Å²) in [7, 11) is 0. The van der Waals surface area contributed by atoms with Gasteiger partial charge >= 0.3 is 0 Å². The van der Waals surface area contributed by atoms with Gasteiger partial charge in [-0.05, 0) is 52.1 Å². The number of hydrogen-bond donors (Lipinski definition) is 1. The molecule has 2 aliphatic heterocycles. The first kappa shape index (κ1) is 12.2. The van der Waals surface area contributed by atoms with E-state index in [1.165, 1.54) is 44.5 Å². The average molecular weight is 249 g/mol. The Balaban J connectivity index is 1.64. The third-order valence-corrected chi connectivity index (χ3v) is 4.54. The highest BCUT2D eigenvalue weighted by Gasteiger charge is 2.31. The Kier molecular flexibility index (Phi) is 3.39. The molecule has 0 spiro atoms. The maximum atomic E-state index is 5.25. The molecule has 0 aromatic carbocycles. The van der Waals surface area contributed by atoms with Crippen molar-refractivity contribution in [3.8, 4) is 0 Å². The lowest BCUT2D eigenvalue weighted by atomic mass is 9.85. The first-order chi connectivity index (χ1) is 8.74. The van der Waals surface area contributed by atoms with Crippen LogP contribution in [0.3, 0.4) is 0 Å². The largest absolute Gasteiger partial charge is 0.361 e. The fourth-order valence-electron chi connectivity index (χ4n) is 3.42. The molecule has 2 fully saturated rings. The molecule has 2 atom stereocenters. The second-order valence-corrected chi connectivity index (χ2v) is 5.79. The number of likely N-dealkylation sites (tertiary alicyclic amines) is 1. The van der Waals surface area contributed by atoms with Crippen LogP contribution in [0.15, 0.2) is 4.52 Å². The van der Waals surface area contributed by atoms with Crippen molar-refractivity contribution in [1.82, 2.24) is 15.4 Å². The summed E-state index contributed by atoms with van der Waals surface area (Å²) in [5.41, 5.74) is 2.34. The zero-order valence-corrected chi connectivity index (χ0v) is 11.4. The summed E-state index contributed by atoms with van der Waals surface area (Å²) in [6, 6.07) is 0.764. The van der Waals surface area contributed by atoms with Gasteiger partial charge in [0.1, 0.15) is 5.76 Å². The van der Waals surface area contributed by atoms with Crippen molar-refractivity contribution in [2.24, 2.45) is 5.92 Å². The summed E-state index contributed by atoms with van der Waals surface area (Å²) >= 11 is 0. The minimum atomic E-state index is 0.764. The van der Waals surface area contributed by atoms with E-state index in [0.29, 0.717) is 0 Å². The number of nitrogens with one attached hydrogen (secondary N) is 1. The molecule has 2 saturated heterocycles. The molecule has 0 amide bonds. The second-order valence-electron chi connectivity index (χ2n) is 5.79. The maximum Gasteiger partial charge on any atom is 0.138 e. The van der Waals surface area contributed by atoms with Crippen LogP contribution in [0.5, 0.6) is 0 Å². The van der Waals surface area contributed by atoms with E-state index in [-0.39, 0.29) is 0 Å². The number of rotatable bonds is 2. The molecule has 0 aliphatic carbocycles. The quantitative estimate of drug-likeness (QED) is 0.868. The molecule has 0 saturated carbocycles. The lowest BCUT2D eigenvalue weighted by Crippen LogP contribution is -2.51. The van der Waals surface area contributed by atoms with Crippen LogP contribution >= 0.6 is 0 Å². The van der Waals surface area contributed by atoms with Crippen molar-refractivity contribution in [1.29, 1.82) is 0 Å². The summed E-state index contributed by atoms with van der Waals surface area (Å²) in [6.07, 6.45) is 4.00. The molecule has 3 rings (SSSR count). The molecule has 3 heterocycles. The van der Waals surface area contributed by atoms with Crippen LogP contribution < -0.4 is 5.32 Å². The zero-order valence-electron chi connectivity index (χ0n) is 11.4. The Morgan fingerprint density at radius 1 is 1.39 bits per heavy atom. The predicted molar refractivity (Wildman–Crippen MR) is 70.4 cm³/mol. The SMILES string of the molecule is Cc1noc(C)c1CN1CC[C@@H]2NCCC[C@@H]2C1. The number of hydrogen-bond acceptors (Lipinski definition) is 4. The fourth-order valence-corrected chi connectivity index (χ4v) is 3.42. The molecule has 100 valence electrons. The number of aromatic nitrogens is 1. The topological polar surface area (TPSA) is 41.3 Å². The Labute approximate surface area is 109 Å². The van der Waals surface area contributed by atoms with Crippen molar-refractivity contribution < 1.29 is 4.52 Å². The van der Waals surface area contributed by atoms with Crippen LogP contribution in [0.1, 0.15) is 36.3 Å². The number of aryl methyl sites for hydroxylation is 2. The maximum absolute atomic E-state index is 5.25. The van der Waals surface area contributed by atoms with E-state index in [4.69, 9.17) is 4.52 Å². The molecule has 18 heavy (non-hydrogen) atoms. The van der Waals surface area contributed by atoms with Crippen molar-refractivity contribution >= 4 is 0 Å². The van der Waals surface area contributed by atoms with E-state index in [0.717, 1.165) is 30.0 Å². The van der Waals surface area contributed by atoms with Gasteiger partial charge in [-0.3, -0.25) is 4.90 Å². The molecule has 1 N–H and O–H groups in total. The van der Waals surface area contributed by atoms with E-state index < -0.39 is 0 Å². The molecular formula is C14H23N3O. The summed E-state index contributed by atoms with van der Waals surface area (Å²) in [5, 5.41) is 7.71. The van der Waals surface area contributed by atoms with Gasteiger partial charge < -0.3 is 9.84 Å². The van der Waals surface area contributed by atoms with Crippen molar-refractivity contribution in [3.63, 3.8) is 0 Å². The smallest absolute Gasteiger partial charge is 0.138 e. The van der Waals surface area contributed by atoms with Crippen LogP contribution in [0.25, 0.3) is 0 Å². The van der Waals surface area contributed by atoms with Crippen LogP contribution in [-0.2, 0) is 6.54 Å². The van der Waals surface area contributed by atoms with Crippen LogP contribution in [0.2, 0.25) is 0 Å². The normalized spacial score (nSPS) is 29.2. The fraction of sp³-hybridized carbons (Fsp3) is 0.786.